The van der Waals surface area contributed by atoms with Gasteiger partial charge in [-0.1, -0.05) is 23.2 Å². The van der Waals surface area contributed by atoms with Crippen LogP contribution in [0.15, 0.2) is 30.5 Å². The molecule has 0 radical (unpaired) electrons. The summed E-state index contributed by atoms with van der Waals surface area (Å²) in [6.45, 7) is 6.30. The molecule has 0 spiro atoms. The molecule has 6 heteroatoms. The van der Waals surface area contributed by atoms with Gasteiger partial charge in [0.25, 0.3) is 0 Å². The molecule has 21 heavy (non-hydrogen) atoms. The largest absolute Gasteiger partial charge is 0.297 e. The molecule has 1 aliphatic heterocycles. The maximum atomic E-state index is 5.98. The molecule has 0 N–H and O–H groups in total. The molecule has 112 valence electrons. The summed E-state index contributed by atoms with van der Waals surface area (Å²) >= 11 is 13.6. The Morgan fingerprint density at radius 3 is 2.33 bits per heavy atom. The molecule has 3 rings (SSSR count). The van der Waals surface area contributed by atoms with Gasteiger partial charge in [-0.05, 0) is 29.8 Å². The first kappa shape index (κ1) is 15.3. The van der Waals surface area contributed by atoms with Crippen molar-refractivity contribution in [2.45, 2.75) is 13.1 Å². The van der Waals surface area contributed by atoms with Crippen LogP contribution in [0.25, 0.3) is 0 Å². The second-order valence-corrected chi connectivity index (χ2v) is 7.43. The molecule has 0 saturated carbocycles. The molecule has 1 aliphatic rings. The SMILES string of the molecule is Clc1cc(CN2CCN(Cc3ccc(Cl)s3)CC2)ccn1. The fourth-order valence-electron chi connectivity index (χ4n) is 2.56. The lowest BCUT2D eigenvalue weighted by atomic mass is 10.2. The number of nitrogens with zero attached hydrogens (tertiary/aromatic N) is 3. The van der Waals surface area contributed by atoms with Crippen LogP contribution in [0.3, 0.4) is 0 Å². The molecule has 3 heterocycles. The van der Waals surface area contributed by atoms with Gasteiger partial charge in [0.05, 0.1) is 4.34 Å². The molecule has 3 nitrogen and oxygen atoms in total. The number of pyridine rings is 1. The summed E-state index contributed by atoms with van der Waals surface area (Å²) in [5.41, 5.74) is 1.23. The molecule has 1 fully saturated rings. The van der Waals surface area contributed by atoms with Crippen molar-refractivity contribution in [3.63, 3.8) is 0 Å². The highest BCUT2D eigenvalue weighted by Gasteiger charge is 2.17. The van der Waals surface area contributed by atoms with E-state index in [2.05, 4.69) is 20.9 Å². The molecular weight excluding hydrogens is 325 g/mol. The van der Waals surface area contributed by atoms with Gasteiger partial charge in [-0.25, -0.2) is 4.98 Å². The van der Waals surface area contributed by atoms with E-state index in [-0.39, 0.29) is 0 Å². The van der Waals surface area contributed by atoms with Crippen molar-refractivity contribution in [1.29, 1.82) is 0 Å². The van der Waals surface area contributed by atoms with Crippen LogP contribution in [0.4, 0.5) is 0 Å². The normalized spacial score (nSPS) is 17.2. The van der Waals surface area contributed by atoms with Gasteiger partial charge in [-0.15, -0.1) is 11.3 Å². The van der Waals surface area contributed by atoms with E-state index in [4.69, 9.17) is 23.2 Å². The zero-order valence-corrected chi connectivity index (χ0v) is 14.0. The average molecular weight is 342 g/mol. The van der Waals surface area contributed by atoms with Crippen LogP contribution in [0, 0.1) is 0 Å². The van der Waals surface area contributed by atoms with Gasteiger partial charge >= 0.3 is 0 Å². The Hall–Kier alpha value is -0.650. The third-order valence-corrected chi connectivity index (χ3v) is 5.09. The fraction of sp³-hybridized carbons (Fsp3) is 0.400. The molecule has 1 saturated heterocycles. The third kappa shape index (κ3) is 4.41. The number of rotatable bonds is 4. The Balaban J connectivity index is 1.48. The zero-order chi connectivity index (χ0) is 14.7. The first-order valence-electron chi connectivity index (χ1n) is 6.98. The van der Waals surface area contributed by atoms with Crippen LogP contribution in [0.1, 0.15) is 10.4 Å². The first-order chi connectivity index (χ1) is 10.2. The van der Waals surface area contributed by atoms with E-state index in [1.165, 1.54) is 10.4 Å². The fourth-order valence-corrected chi connectivity index (χ4v) is 3.89. The van der Waals surface area contributed by atoms with E-state index in [1.807, 2.05) is 18.2 Å². The highest BCUT2D eigenvalue weighted by Crippen LogP contribution is 2.23. The van der Waals surface area contributed by atoms with Crippen molar-refractivity contribution >= 4 is 34.5 Å². The lowest BCUT2D eigenvalue weighted by Crippen LogP contribution is -2.45. The van der Waals surface area contributed by atoms with E-state index in [1.54, 1.807) is 17.5 Å². The summed E-state index contributed by atoms with van der Waals surface area (Å²) in [7, 11) is 0. The summed E-state index contributed by atoms with van der Waals surface area (Å²) < 4.78 is 0.873. The van der Waals surface area contributed by atoms with Crippen LogP contribution >= 0.6 is 34.5 Å². The van der Waals surface area contributed by atoms with Crippen molar-refractivity contribution in [2.24, 2.45) is 0 Å². The van der Waals surface area contributed by atoms with Crippen LogP contribution in [0.2, 0.25) is 9.49 Å². The lowest BCUT2D eigenvalue weighted by Gasteiger charge is -2.34. The van der Waals surface area contributed by atoms with Crippen LogP contribution in [-0.2, 0) is 13.1 Å². The van der Waals surface area contributed by atoms with E-state index >= 15 is 0 Å². The van der Waals surface area contributed by atoms with Gasteiger partial charge in [0, 0.05) is 50.3 Å². The topological polar surface area (TPSA) is 19.4 Å². The molecule has 0 atom stereocenters. The molecule has 0 amide bonds. The van der Waals surface area contributed by atoms with Crippen molar-refractivity contribution in [3.05, 3.63) is 50.4 Å². The van der Waals surface area contributed by atoms with Gasteiger partial charge in [0.1, 0.15) is 5.15 Å². The maximum Gasteiger partial charge on any atom is 0.129 e. The van der Waals surface area contributed by atoms with Crippen LogP contribution in [0.5, 0.6) is 0 Å². The molecule has 0 aromatic carbocycles. The predicted molar refractivity (Wildman–Crippen MR) is 89.1 cm³/mol. The van der Waals surface area contributed by atoms with Gasteiger partial charge in [0.15, 0.2) is 0 Å². The van der Waals surface area contributed by atoms with E-state index in [0.717, 1.165) is 43.6 Å². The van der Waals surface area contributed by atoms with E-state index in [9.17, 15) is 0 Å². The van der Waals surface area contributed by atoms with Crippen molar-refractivity contribution in [2.75, 3.05) is 26.2 Å². The summed E-state index contributed by atoms with van der Waals surface area (Å²) in [6.07, 6.45) is 1.77. The Labute approximate surface area is 139 Å². The number of hydrogen-bond acceptors (Lipinski definition) is 4. The highest BCUT2D eigenvalue weighted by atomic mass is 35.5. The van der Waals surface area contributed by atoms with Crippen molar-refractivity contribution < 1.29 is 0 Å². The second kappa shape index (κ2) is 7.07. The Kier molecular flexibility index (Phi) is 5.14. The maximum absolute atomic E-state index is 5.98. The summed E-state index contributed by atoms with van der Waals surface area (Å²) in [4.78, 5) is 10.3. The monoisotopic (exact) mass is 341 g/mol. The minimum absolute atomic E-state index is 0.570. The number of piperazine rings is 1. The standard InChI is InChI=1S/C15H17Cl2N3S/c16-14-9-12(3-4-18-14)10-19-5-7-20(8-6-19)11-13-1-2-15(17)21-13/h1-4,9H,5-8,10-11H2. The number of thiophene rings is 1. The Morgan fingerprint density at radius 1 is 1.00 bits per heavy atom. The molecular formula is C15H17Cl2N3S. The summed E-state index contributed by atoms with van der Waals surface area (Å²) in [6, 6.07) is 8.08. The highest BCUT2D eigenvalue weighted by molar-refractivity contribution is 7.16. The minimum Gasteiger partial charge on any atom is -0.297 e. The quantitative estimate of drug-likeness (QED) is 0.789. The Morgan fingerprint density at radius 2 is 1.71 bits per heavy atom. The smallest absolute Gasteiger partial charge is 0.129 e. The predicted octanol–water partition coefficient (Wildman–Crippen LogP) is 3.77. The van der Waals surface area contributed by atoms with Crippen LogP contribution < -0.4 is 0 Å². The second-order valence-electron chi connectivity index (χ2n) is 5.24. The Bertz CT molecular complexity index is 594. The molecule has 2 aromatic heterocycles. The number of halogens is 2. The number of aromatic nitrogens is 1. The average Bonchev–Trinajstić information content (AvgIpc) is 2.86. The van der Waals surface area contributed by atoms with Gasteiger partial charge in [0.2, 0.25) is 0 Å². The molecule has 0 bridgehead atoms. The van der Waals surface area contributed by atoms with Gasteiger partial charge in [-0.2, -0.15) is 0 Å². The first-order valence-corrected chi connectivity index (χ1v) is 8.55. The molecule has 2 aromatic rings. The summed E-state index contributed by atoms with van der Waals surface area (Å²) in [5, 5.41) is 0.570. The zero-order valence-electron chi connectivity index (χ0n) is 11.6. The van der Waals surface area contributed by atoms with Crippen molar-refractivity contribution in [3.8, 4) is 0 Å². The molecule has 0 unspecified atom stereocenters. The van der Waals surface area contributed by atoms with Crippen LogP contribution in [-0.4, -0.2) is 41.0 Å². The van der Waals surface area contributed by atoms with Gasteiger partial charge in [-0.3, -0.25) is 9.80 Å². The van der Waals surface area contributed by atoms with E-state index < -0.39 is 0 Å². The third-order valence-electron chi connectivity index (χ3n) is 3.67. The number of hydrogen-bond donors (Lipinski definition) is 0. The van der Waals surface area contributed by atoms with Crippen molar-refractivity contribution in [1.82, 2.24) is 14.8 Å². The lowest BCUT2D eigenvalue weighted by molar-refractivity contribution is 0.123. The minimum atomic E-state index is 0.570. The summed E-state index contributed by atoms with van der Waals surface area (Å²) in [5.74, 6) is 0. The molecule has 0 aliphatic carbocycles. The van der Waals surface area contributed by atoms with Gasteiger partial charge < -0.3 is 0 Å². The van der Waals surface area contributed by atoms with E-state index in [0.29, 0.717) is 5.15 Å².